The molecule has 1 atom stereocenters. The second-order valence-electron chi connectivity index (χ2n) is 7.17. The van der Waals surface area contributed by atoms with E-state index in [1.165, 1.54) is 24.8 Å². The summed E-state index contributed by atoms with van der Waals surface area (Å²) in [5.41, 5.74) is 1.28. The van der Waals surface area contributed by atoms with Crippen LogP contribution in [-0.2, 0) is 0 Å². The monoisotopic (exact) mass is 292 g/mol. The summed E-state index contributed by atoms with van der Waals surface area (Å²) in [6.07, 6.45) is 3.57. The zero-order valence-electron chi connectivity index (χ0n) is 13.8. The molecule has 0 spiro atoms. The number of nitrogens with zero attached hydrogens (tertiary/aromatic N) is 1. The molecule has 2 rings (SSSR count). The van der Waals surface area contributed by atoms with Crippen molar-refractivity contribution in [1.29, 1.82) is 0 Å². The maximum atomic E-state index is 12.9. The molecule has 1 aromatic rings. The maximum absolute atomic E-state index is 12.9. The lowest BCUT2D eigenvalue weighted by Crippen LogP contribution is -2.49. The summed E-state index contributed by atoms with van der Waals surface area (Å²) in [7, 11) is 4.27. The normalized spacial score (nSPS) is 23.4. The van der Waals surface area contributed by atoms with E-state index in [2.05, 4.69) is 38.2 Å². The van der Waals surface area contributed by atoms with E-state index in [1.54, 1.807) is 12.1 Å². The van der Waals surface area contributed by atoms with Crippen LogP contribution >= 0.6 is 0 Å². The fourth-order valence-electron chi connectivity index (χ4n) is 3.30. The van der Waals surface area contributed by atoms with E-state index >= 15 is 0 Å². The van der Waals surface area contributed by atoms with Crippen molar-refractivity contribution in [1.82, 2.24) is 10.2 Å². The number of rotatable bonds is 7. The van der Waals surface area contributed by atoms with Crippen LogP contribution < -0.4 is 5.32 Å². The van der Waals surface area contributed by atoms with E-state index in [0.29, 0.717) is 18.0 Å². The maximum Gasteiger partial charge on any atom is 0.123 e. The summed E-state index contributed by atoms with van der Waals surface area (Å²) in [6, 6.07) is 8.19. The van der Waals surface area contributed by atoms with Crippen molar-refractivity contribution in [2.24, 2.45) is 5.92 Å². The van der Waals surface area contributed by atoms with Gasteiger partial charge in [-0.3, -0.25) is 0 Å². The molecule has 21 heavy (non-hydrogen) atoms. The fraction of sp³-hybridized carbons (Fsp3) is 0.667. The first kappa shape index (κ1) is 16.4. The molecule has 118 valence electrons. The summed E-state index contributed by atoms with van der Waals surface area (Å²) >= 11 is 0. The van der Waals surface area contributed by atoms with Gasteiger partial charge >= 0.3 is 0 Å². The molecule has 0 saturated heterocycles. The van der Waals surface area contributed by atoms with Crippen LogP contribution in [0.5, 0.6) is 0 Å². The Morgan fingerprint density at radius 2 is 1.81 bits per heavy atom. The van der Waals surface area contributed by atoms with Gasteiger partial charge in [0.15, 0.2) is 0 Å². The van der Waals surface area contributed by atoms with E-state index < -0.39 is 0 Å². The van der Waals surface area contributed by atoms with Crippen molar-refractivity contribution in [3.63, 3.8) is 0 Å². The van der Waals surface area contributed by atoms with Crippen LogP contribution in [0.15, 0.2) is 24.3 Å². The molecule has 1 unspecified atom stereocenters. The first-order chi connectivity index (χ1) is 9.94. The van der Waals surface area contributed by atoms with Gasteiger partial charge < -0.3 is 10.2 Å². The highest BCUT2D eigenvalue weighted by molar-refractivity contribution is 5.23. The van der Waals surface area contributed by atoms with Crippen molar-refractivity contribution in [3.8, 4) is 0 Å². The van der Waals surface area contributed by atoms with Gasteiger partial charge in [-0.05, 0) is 62.9 Å². The molecular weight excluding hydrogens is 263 g/mol. The Morgan fingerprint density at radius 3 is 2.33 bits per heavy atom. The lowest BCUT2D eigenvalue weighted by Gasteiger charge is -2.39. The number of halogens is 1. The Kier molecular flexibility index (Phi) is 5.77. The molecule has 1 N–H and O–H groups in total. The molecule has 0 aromatic heterocycles. The van der Waals surface area contributed by atoms with Crippen LogP contribution in [0.3, 0.4) is 0 Å². The van der Waals surface area contributed by atoms with Gasteiger partial charge in [0.05, 0.1) is 0 Å². The lowest BCUT2D eigenvalue weighted by molar-refractivity contribution is 0.222. The molecule has 0 heterocycles. The van der Waals surface area contributed by atoms with E-state index in [4.69, 9.17) is 0 Å². The van der Waals surface area contributed by atoms with Gasteiger partial charge in [-0.1, -0.05) is 26.0 Å². The van der Waals surface area contributed by atoms with E-state index in [1.807, 2.05) is 12.1 Å². The molecule has 1 aliphatic rings. The molecule has 1 aromatic carbocycles. The van der Waals surface area contributed by atoms with Gasteiger partial charge in [0.1, 0.15) is 5.82 Å². The van der Waals surface area contributed by atoms with Gasteiger partial charge in [0, 0.05) is 18.6 Å². The molecule has 1 aliphatic carbocycles. The van der Waals surface area contributed by atoms with Crippen molar-refractivity contribution >= 4 is 0 Å². The van der Waals surface area contributed by atoms with Crippen LogP contribution in [0.25, 0.3) is 0 Å². The average Bonchev–Trinajstić information content (AvgIpc) is 2.33. The van der Waals surface area contributed by atoms with E-state index in [-0.39, 0.29) is 5.82 Å². The molecule has 1 fully saturated rings. The number of hydrogen-bond donors (Lipinski definition) is 1. The first-order valence-electron chi connectivity index (χ1n) is 8.10. The number of benzene rings is 1. The number of hydrogen-bond acceptors (Lipinski definition) is 2. The zero-order valence-corrected chi connectivity index (χ0v) is 13.8. The van der Waals surface area contributed by atoms with Crippen molar-refractivity contribution in [2.75, 3.05) is 20.6 Å². The minimum Gasteiger partial charge on any atom is -0.310 e. The second kappa shape index (κ2) is 7.37. The topological polar surface area (TPSA) is 15.3 Å². The van der Waals surface area contributed by atoms with Crippen LogP contribution in [0, 0.1) is 11.7 Å². The molecule has 2 nitrogen and oxygen atoms in total. The van der Waals surface area contributed by atoms with Gasteiger partial charge in [-0.25, -0.2) is 4.39 Å². The van der Waals surface area contributed by atoms with E-state index in [0.717, 1.165) is 12.5 Å². The van der Waals surface area contributed by atoms with Crippen LogP contribution in [-0.4, -0.2) is 37.6 Å². The minimum absolute atomic E-state index is 0.143. The quantitative estimate of drug-likeness (QED) is 0.825. The van der Waals surface area contributed by atoms with Crippen LogP contribution in [0.1, 0.15) is 44.6 Å². The summed E-state index contributed by atoms with van der Waals surface area (Å²) in [5, 5.41) is 3.81. The Balaban J connectivity index is 1.80. The highest BCUT2D eigenvalue weighted by Crippen LogP contribution is 2.37. The predicted molar refractivity (Wildman–Crippen MR) is 87.1 cm³/mol. The van der Waals surface area contributed by atoms with Crippen molar-refractivity contribution < 1.29 is 4.39 Å². The van der Waals surface area contributed by atoms with Crippen LogP contribution in [0.4, 0.5) is 4.39 Å². The molecule has 0 bridgehead atoms. The van der Waals surface area contributed by atoms with Crippen molar-refractivity contribution in [2.45, 2.75) is 51.1 Å². The third kappa shape index (κ3) is 5.08. The van der Waals surface area contributed by atoms with Gasteiger partial charge in [0.2, 0.25) is 0 Å². The molecular formula is C18H29FN2. The van der Waals surface area contributed by atoms with Gasteiger partial charge in [-0.15, -0.1) is 0 Å². The Bertz CT molecular complexity index is 411. The largest absolute Gasteiger partial charge is 0.310 e. The first-order valence-corrected chi connectivity index (χ1v) is 8.10. The minimum atomic E-state index is -0.143. The number of likely N-dealkylation sites (N-methyl/N-ethyl adjacent to an activating group) is 1. The Hall–Kier alpha value is -0.930. The Labute approximate surface area is 128 Å². The smallest absolute Gasteiger partial charge is 0.123 e. The summed E-state index contributed by atoms with van der Waals surface area (Å²) in [5.74, 6) is 1.17. The average molecular weight is 292 g/mol. The summed E-state index contributed by atoms with van der Waals surface area (Å²) in [6.45, 7) is 5.66. The Morgan fingerprint density at radius 1 is 1.19 bits per heavy atom. The molecule has 1 saturated carbocycles. The summed E-state index contributed by atoms with van der Waals surface area (Å²) < 4.78 is 12.9. The van der Waals surface area contributed by atoms with Gasteiger partial charge in [0.25, 0.3) is 0 Å². The molecule has 0 aliphatic heterocycles. The number of nitrogens with one attached hydrogen (secondary N) is 1. The molecule has 0 radical (unpaired) electrons. The SMILES string of the molecule is CC(C)CC(CN(C)C)NC1CC(c2ccc(F)cc2)C1. The van der Waals surface area contributed by atoms with Crippen molar-refractivity contribution in [3.05, 3.63) is 35.6 Å². The third-order valence-electron chi connectivity index (χ3n) is 4.29. The highest BCUT2D eigenvalue weighted by Gasteiger charge is 2.31. The third-order valence-corrected chi connectivity index (χ3v) is 4.29. The predicted octanol–water partition coefficient (Wildman–Crippen LogP) is 3.64. The van der Waals surface area contributed by atoms with E-state index in [9.17, 15) is 4.39 Å². The lowest BCUT2D eigenvalue weighted by atomic mass is 9.75. The standard InChI is InChI=1S/C18H29FN2/c1-13(2)9-18(12-21(3)4)20-17-10-15(11-17)14-5-7-16(19)8-6-14/h5-8,13,15,17-18,20H,9-12H2,1-4H3. The highest BCUT2D eigenvalue weighted by atomic mass is 19.1. The van der Waals surface area contributed by atoms with Gasteiger partial charge in [-0.2, -0.15) is 0 Å². The summed E-state index contributed by atoms with van der Waals surface area (Å²) in [4.78, 5) is 2.26. The van der Waals surface area contributed by atoms with Crippen LogP contribution in [0.2, 0.25) is 0 Å². The second-order valence-corrected chi connectivity index (χ2v) is 7.17. The molecule has 3 heteroatoms. The molecule has 0 amide bonds. The zero-order chi connectivity index (χ0) is 15.4. The fourth-order valence-corrected chi connectivity index (χ4v) is 3.30.